The van der Waals surface area contributed by atoms with E-state index in [4.69, 9.17) is 4.98 Å². The Morgan fingerprint density at radius 2 is 1.26 bits per heavy atom. The molecule has 0 spiro atoms. The summed E-state index contributed by atoms with van der Waals surface area (Å²) in [6, 6.07) is 44.6. The van der Waals surface area contributed by atoms with Gasteiger partial charge in [0.05, 0.1) is 17.1 Å². The minimum atomic E-state index is -2.33. The van der Waals surface area contributed by atoms with Gasteiger partial charge in [-0.3, -0.25) is 4.98 Å². The summed E-state index contributed by atoms with van der Waals surface area (Å²) in [6.07, 6.45) is 1.98. The van der Waals surface area contributed by atoms with Gasteiger partial charge < -0.3 is 4.90 Å². The van der Waals surface area contributed by atoms with Crippen molar-refractivity contribution in [3.8, 4) is 11.3 Å². The number of hydrogen-bond donors (Lipinski definition) is 0. The summed E-state index contributed by atoms with van der Waals surface area (Å²) in [5.74, 6) is 0. The Hall–Kier alpha value is -4.47. The summed E-state index contributed by atoms with van der Waals surface area (Å²) in [5, 5.41) is 6.68. The van der Waals surface area contributed by atoms with E-state index in [1.165, 1.54) is 60.1 Å². The van der Waals surface area contributed by atoms with E-state index in [0.717, 1.165) is 5.69 Å². The average molecular weight is 519 g/mol. The second-order valence-corrected chi connectivity index (χ2v) is 14.7. The molecule has 5 aromatic carbocycles. The van der Waals surface area contributed by atoms with Crippen LogP contribution >= 0.6 is 0 Å². The first-order valence-electron chi connectivity index (χ1n) is 13.6. The number of pyridine rings is 1. The first kappa shape index (κ1) is 23.6. The highest BCUT2D eigenvalue weighted by Crippen LogP contribution is 2.51. The molecule has 0 radical (unpaired) electrons. The van der Waals surface area contributed by atoms with Gasteiger partial charge in [0.25, 0.3) is 0 Å². The van der Waals surface area contributed by atoms with Crippen LogP contribution < -0.4 is 20.5 Å². The Kier molecular flexibility index (Phi) is 5.50. The maximum Gasteiger partial charge on any atom is 0.145 e. The van der Waals surface area contributed by atoms with E-state index in [9.17, 15) is 0 Å². The van der Waals surface area contributed by atoms with E-state index < -0.39 is 8.07 Å². The van der Waals surface area contributed by atoms with Gasteiger partial charge in [-0.25, -0.2) is 0 Å². The summed E-state index contributed by atoms with van der Waals surface area (Å²) in [6.45, 7) is 6.89. The fraction of sp³-hybridized carbons (Fsp3) is 0.0833. The van der Waals surface area contributed by atoms with E-state index in [2.05, 4.69) is 147 Å². The Bertz CT molecular complexity index is 1790. The van der Waals surface area contributed by atoms with Crippen LogP contribution in [0.1, 0.15) is 11.1 Å². The van der Waals surface area contributed by atoms with Crippen LogP contribution in [0.2, 0.25) is 6.55 Å². The minimum absolute atomic E-state index is 1.07. The molecule has 0 N–H and O–H groups in total. The van der Waals surface area contributed by atoms with Crippen molar-refractivity contribution in [3.05, 3.63) is 139 Å². The highest BCUT2D eigenvalue weighted by atomic mass is 28.3. The molecule has 2 heterocycles. The van der Waals surface area contributed by atoms with Gasteiger partial charge >= 0.3 is 0 Å². The van der Waals surface area contributed by atoms with Gasteiger partial charge in [-0.1, -0.05) is 103 Å². The number of hydrogen-bond acceptors (Lipinski definition) is 2. The molecular weight excluding hydrogens is 488 g/mol. The van der Waals surface area contributed by atoms with Crippen molar-refractivity contribution in [3.63, 3.8) is 0 Å². The van der Waals surface area contributed by atoms with Crippen LogP contribution in [0.4, 0.5) is 17.1 Å². The van der Waals surface area contributed by atoms with Crippen LogP contribution in [-0.4, -0.2) is 13.1 Å². The second-order valence-electron chi connectivity index (χ2n) is 10.8. The maximum atomic E-state index is 4.98. The molecule has 6 aromatic rings. The summed E-state index contributed by atoms with van der Waals surface area (Å²) in [5.41, 5.74) is 8.39. The lowest BCUT2D eigenvalue weighted by Crippen LogP contribution is -2.64. The van der Waals surface area contributed by atoms with E-state index in [1.54, 1.807) is 0 Å². The topological polar surface area (TPSA) is 16.1 Å². The van der Waals surface area contributed by atoms with Gasteiger partial charge in [-0.2, -0.15) is 0 Å². The molecule has 2 nitrogen and oxygen atoms in total. The number of anilines is 3. The van der Waals surface area contributed by atoms with Crippen LogP contribution in [0.15, 0.2) is 128 Å². The number of benzene rings is 5. The Balaban J connectivity index is 1.60. The molecule has 1 aromatic heterocycles. The molecule has 0 atom stereocenters. The molecule has 0 saturated heterocycles. The summed E-state index contributed by atoms with van der Waals surface area (Å²) in [7, 11) is -2.33. The third kappa shape index (κ3) is 3.65. The molecule has 0 unspecified atom stereocenters. The first-order valence-corrected chi connectivity index (χ1v) is 16.1. The molecule has 0 saturated carbocycles. The van der Waals surface area contributed by atoms with Crippen LogP contribution in [-0.2, 0) is 0 Å². The predicted molar refractivity (Wildman–Crippen MR) is 168 cm³/mol. The standard InChI is InChI=1S/C36H30N2Si/c1-25-21-26(2)36-32(22-25)35-34-27(19-20-37-35)23-31(24-33(34)38(36)28-13-7-4-8-14-28)39(3,29-15-9-5-10-16-29)30-17-11-6-12-18-30/h4-24H,1-3H3. The number of para-hydroxylation sites is 1. The number of fused-ring (bicyclic) bond motifs is 2. The lowest BCUT2D eigenvalue weighted by atomic mass is 9.91. The lowest BCUT2D eigenvalue weighted by Gasteiger charge is -2.37. The highest BCUT2D eigenvalue weighted by Gasteiger charge is 2.37. The number of rotatable bonds is 4. The van der Waals surface area contributed by atoms with E-state index in [1.807, 2.05) is 6.20 Å². The fourth-order valence-corrected chi connectivity index (χ4v) is 10.00. The molecule has 188 valence electrons. The number of nitrogens with zero attached hydrogens (tertiary/aromatic N) is 2. The second kappa shape index (κ2) is 9.07. The smallest absolute Gasteiger partial charge is 0.145 e. The number of aryl methyl sites for hydroxylation is 2. The van der Waals surface area contributed by atoms with Gasteiger partial charge in [-0.15, -0.1) is 0 Å². The monoisotopic (exact) mass is 518 g/mol. The van der Waals surface area contributed by atoms with Crippen LogP contribution in [0.25, 0.3) is 22.0 Å². The van der Waals surface area contributed by atoms with Gasteiger partial charge in [-0.05, 0) is 70.7 Å². The summed E-state index contributed by atoms with van der Waals surface area (Å²) < 4.78 is 0. The van der Waals surface area contributed by atoms with Crippen molar-refractivity contribution >= 4 is 51.5 Å². The van der Waals surface area contributed by atoms with Crippen molar-refractivity contribution in [1.82, 2.24) is 4.98 Å². The number of aromatic nitrogens is 1. The molecule has 39 heavy (non-hydrogen) atoms. The van der Waals surface area contributed by atoms with Gasteiger partial charge in [0.1, 0.15) is 8.07 Å². The molecule has 7 rings (SSSR count). The zero-order valence-electron chi connectivity index (χ0n) is 22.5. The predicted octanol–water partition coefficient (Wildman–Crippen LogP) is 7.40. The molecule has 0 amide bonds. The molecule has 0 bridgehead atoms. The average Bonchev–Trinajstić information content (AvgIpc) is 2.98. The van der Waals surface area contributed by atoms with Gasteiger partial charge in [0.15, 0.2) is 0 Å². The lowest BCUT2D eigenvalue weighted by molar-refractivity contribution is 1.22. The van der Waals surface area contributed by atoms with Crippen LogP contribution in [0, 0.1) is 13.8 Å². The SMILES string of the molecule is Cc1cc(C)c2c(c1)-c1nccc3cc([Si](C)(c4ccccc4)c4ccccc4)cc(c13)N2c1ccccc1. The fourth-order valence-electron chi connectivity index (χ4n) is 6.41. The van der Waals surface area contributed by atoms with Crippen molar-refractivity contribution in [1.29, 1.82) is 0 Å². The van der Waals surface area contributed by atoms with Crippen molar-refractivity contribution in [2.24, 2.45) is 0 Å². The first-order chi connectivity index (χ1) is 19.1. The quantitative estimate of drug-likeness (QED) is 0.178. The van der Waals surface area contributed by atoms with Gasteiger partial charge in [0.2, 0.25) is 0 Å². The van der Waals surface area contributed by atoms with E-state index >= 15 is 0 Å². The van der Waals surface area contributed by atoms with E-state index in [0.29, 0.717) is 0 Å². The normalized spacial score (nSPS) is 12.4. The zero-order chi connectivity index (χ0) is 26.6. The van der Waals surface area contributed by atoms with Crippen molar-refractivity contribution in [2.45, 2.75) is 20.4 Å². The van der Waals surface area contributed by atoms with Gasteiger partial charge in [0, 0.05) is 22.8 Å². The minimum Gasteiger partial charge on any atom is -0.309 e. The molecule has 0 fully saturated rings. The van der Waals surface area contributed by atoms with Crippen LogP contribution in [0.3, 0.4) is 0 Å². The third-order valence-electron chi connectivity index (χ3n) is 8.30. The zero-order valence-corrected chi connectivity index (χ0v) is 23.5. The summed E-state index contributed by atoms with van der Waals surface area (Å²) in [4.78, 5) is 7.45. The molecule has 3 heteroatoms. The Labute approximate surface area is 231 Å². The summed E-state index contributed by atoms with van der Waals surface area (Å²) >= 11 is 0. The highest BCUT2D eigenvalue weighted by molar-refractivity contribution is 7.10. The Morgan fingerprint density at radius 3 is 1.90 bits per heavy atom. The molecule has 0 aliphatic carbocycles. The maximum absolute atomic E-state index is 4.98. The molecule has 1 aliphatic heterocycles. The van der Waals surface area contributed by atoms with Crippen LogP contribution in [0.5, 0.6) is 0 Å². The molecule has 1 aliphatic rings. The van der Waals surface area contributed by atoms with Crippen molar-refractivity contribution in [2.75, 3.05) is 4.90 Å². The largest absolute Gasteiger partial charge is 0.309 e. The Morgan fingerprint density at radius 1 is 0.641 bits per heavy atom. The molecular formula is C36H30N2Si. The van der Waals surface area contributed by atoms with E-state index in [-0.39, 0.29) is 0 Å². The van der Waals surface area contributed by atoms with Crippen molar-refractivity contribution < 1.29 is 0 Å². The third-order valence-corrected chi connectivity index (χ3v) is 12.7.